The molecule has 0 spiro atoms. The van der Waals surface area contributed by atoms with E-state index in [1.165, 1.54) is 17.2 Å². The number of carbonyl (C=O) groups excluding carboxylic acids is 2. The normalized spacial score (nSPS) is 15.4. The van der Waals surface area contributed by atoms with Gasteiger partial charge in [-0.2, -0.15) is 5.26 Å². The number of unbranched alkanes of at least 4 members (excludes halogenated alkanes) is 2. The fourth-order valence-corrected chi connectivity index (χ4v) is 10.8. The molecule has 2 aliphatic rings. The highest BCUT2D eigenvalue weighted by molar-refractivity contribution is 6.50. The van der Waals surface area contributed by atoms with E-state index in [4.69, 9.17) is 0 Å². The predicted octanol–water partition coefficient (Wildman–Crippen LogP) is 17.1. The molecular weight excluding hydrogens is 937 g/mol. The third-order valence-electron chi connectivity index (χ3n) is 15.6. The molecule has 0 saturated carbocycles. The lowest BCUT2D eigenvalue weighted by Gasteiger charge is -2.28. The van der Waals surface area contributed by atoms with Gasteiger partial charge in [0.2, 0.25) is 0 Å². The molecule has 392 valence electrons. The topological polar surface area (TPSA) is 105 Å². The van der Waals surface area contributed by atoms with Crippen molar-refractivity contribution < 1.29 is 19.5 Å². The van der Waals surface area contributed by atoms with Crippen LogP contribution in [0.5, 0.6) is 0 Å². The second-order valence-electron chi connectivity index (χ2n) is 23.0. The van der Waals surface area contributed by atoms with Crippen LogP contribution in [0, 0.1) is 23.2 Å². The number of hydrogen-bond acceptors (Lipinski definition) is 5. The van der Waals surface area contributed by atoms with Gasteiger partial charge in [-0.25, -0.2) is 4.79 Å². The molecule has 76 heavy (non-hydrogen) atoms. The highest BCUT2D eigenvalue weighted by atomic mass is 16.4. The third kappa shape index (κ3) is 11.6. The molecule has 2 atom stereocenters. The maximum Gasteiger partial charge on any atom is 0.346 e. The lowest BCUT2D eigenvalue weighted by Crippen LogP contribution is -2.34. The van der Waals surface area contributed by atoms with Crippen molar-refractivity contribution in [2.45, 2.75) is 131 Å². The number of fused-ring (bicyclic) bond motifs is 2. The fraction of sp³-hybridized carbons (Fsp3) is 0.353. The summed E-state index contributed by atoms with van der Waals surface area (Å²) in [6, 6.07) is 48.0. The van der Waals surface area contributed by atoms with Crippen LogP contribution in [-0.2, 0) is 25.2 Å². The minimum Gasteiger partial charge on any atom is -0.477 e. The molecule has 2 aliphatic heterocycles. The molecule has 0 radical (unpaired) electrons. The number of nitrogens with zero attached hydrogens (tertiary/aromatic N) is 4. The van der Waals surface area contributed by atoms with Crippen molar-refractivity contribution in [3.05, 3.63) is 167 Å². The maximum absolute atomic E-state index is 15.4. The van der Waals surface area contributed by atoms with Crippen molar-refractivity contribution in [1.82, 2.24) is 0 Å². The molecular formula is C68H76N4O4. The zero-order chi connectivity index (χ0) is 54.5. The molecule has 2 unspecified atom stereocenters. The maximum atomic E-state index is 15.4. The predicted molar refractivity (Wildman–Crippen MR) is 315 cm³/mol. The summed E-state index contributed by atoms with van der Waals surface area (Å²) >= 11 is 0. The van der Waals surface area contributed by atoms with E-state index in [1.54, 1.807) is 18.2 Å². The summed E-state index contributed by atoms with van der Waals surface area (Å²) in [5, 5.41) is 18.8. The van der Waals surface area contributed by atoms with E-state index in [0.29, 0.717) is 29.8 Å². The van der Waals surface area contributed by atoms with Gasteiger partial charge in [0.25, 0.3) is 11.8 Å². The van der Waals surface area contributed by atoms with E-state index in [-0.39, 0.29) is 40.1 Å². The van der Waals surface area contributed by atoms with Crippen molar-refractivity contribution in [2.75, 3.05) is 27.8 Å². The molecule has 0 saturated heterocycles. The summed E-state index contributed by atoms with van der Waals surface area (Å²) in [6.45, 7) is 23.3. The van der Waals surface area contributed by atoms with Crippen LogP contribution in [-0.4, -0.2) is 36.0 Å². The van der Waals surface area contributed by atoms with E-state index < -0.39 is 5.97 Å². The monoisotopic (exact) mass is 1010 g/mol. The van der Waals surface area contributed by atoms with Crippen LogP contribution in [0.25, 0.3) is 39.5 Å². The lowest BCUT2D eigenvalue weighted by molar-refractivity contribution is -0.132. The standard InChI is InChI=1S/C68H76N4O4/c1-11-15-17-45(13-3)43-70-60-40-50(48-21-19-47(20-22-48)39-52(42-69)66(75)76)25-37-58(60)62(64(70)73)63-59-38-26-51(41-61(59)71(65(63)74)44-46(14-4)18-16-12-2)49-23-31-55(32-24-49)72(56-33-27-53(28-34-56)67(5,6)7)57-35-29-54(30-36-57)68(8,9)10/h19-41,45-46H,11-18,43-44H2,1-10H3,(H,75,76)/b52-39-,63-62-. The Morgan fingerprint density at radius 1 is 0.566 bits per heavy atom. The third-order valence-corrected chi connectivity index (χ3v) is 15.6. The molecule has 8 rings (SSSR count). The van der Waals surface area contributed by atoms with Crippen LogP contribution in [0.1, 0.15) is 148 Å². The minimum absolute atomic E-state index is 0.0284. The van der Waals surface area contributed by atoms with E-state index in [1.807, 2.05) is 34.1 Å². The number of benzene rings is 6. The number of carboxylic acid groups (broad SMARTS) is 1. The van der Waals surface area contributed by atoms with Gasteiger partial charge in [0.05, 0.1) is 22.5 Å². The highest BCUT2D eigenvalue weighted by Gasteiger charge is 2.43. The van der Waals surface area contributed by atoms with Gasteiger partial charge in [0, 0.05) is 41.3 Å². The summed E-state index contributed by atoms with van der Waals surface area (Å²) in [4.78, 5) is 48.5. The Labute approximate surface area is 452 Å². The summed E-state index contributed by atoms with van der Waals surface area (Å²) in [5.74, 6) is -1.00. The first-order valence-corrected chi connectivity index (χ1v) is 27.6. The molecule has 2 amide bonds. The zero-order valence-corrected chi connectivity index (χ0v) is 46.5. The number of carbonyl (C=O) groups is 3. The Hall–Kier alpha value is -7.50. The van der Waals surface area contributed by atoms with Gasteiger partial charge in [-0.1, -0.05) is 193 Å². The van der Waals surface area contributed by atoms with Crippen molar-refractivity contribution in [3.8, 4) is 28.3 Å². The summed E-state index contributed by atoms with van der Waals surface area (Å²) in [6.07, 6.45) is 9.50. The second kappa shape index (κ2) is 23.2. The summed E-state index contributed by atoms with van der Waals surface area (Å²) in [5.41, 5.74) is 13.9. The Morgan fingerprint density at radius 3 is 1.28 bits per heavy atom. The van der Waals surface area contributed by atoms with E-state index in [2.05, 4.69) is 171 Å². The van der Waals surface area contributed by atoms with Gasteiger partial charge in [0.15, 0.2) is 0 Å². The average molecular weight is 1010 g/mol. The molecule has 2 heterocycles. The van der Waals surface area contributed by atoms with Gasteiger partial charge in [-0.15, -0.1) is 0 Å². The number of amides is 2. The van der Waals surface area contributed by atoms with Crippen LogP contribution in [0.2, 0.25) is 0 Å². The highest BCUT2D eigenvalue weighted by Crippen LogP contribution is 2.49. The first kappa shape index (κ1) is 54.8. The quantitative estimate of drug-likeness (QED) is 0.0640. The van der Waals surface area contributed by atoms with Gasteiger partial charge in [-0.3, -0.25) is 9.59 Å². The van der Waals surface area contributed by atoms with Gasteiger partial charge >= 0.3 is 5.97 Å². The minimum atomic E-state index is -1.28. The molecule has 8 nitrogen and oxygen atoms in total. The Bertz CT molecular complexity index is 3120. The molecule has 0 aliphatic carbocycles. The number of carboxylic acids is 1. The van der Waals surface area contributed by atoms with Crippen LogP contribution in [0.3, 0.4) is 0 Å². The zero-order valence-electron chi connectivity index (χ0n) is 46.5. The number of anilines is 5. The smallest absolute Gasteiger partial charge is 0.346 e. The SMILES string of the molecule is CCCCC(CC)CN1C(=O)/C(=C2\C(=O)N(CC(CC)CCCC)c3cc(-c4ccc(N(c5ccc(C(C)(C)C)cc5)c5ccc(C(C)(C)C)cc5)cc4)ccc32)c2ccc(-c3ccc(/C=C(/C#N)C(=O)O)cc3)cc21. The van der Waals surface area contributed by atoms with Crippen LogP contribution >= 0.6 is 0 Å². The van der Waals surface area contributed by atoms with Crippen molar-refractivity contribution in [2.24, 2.45) is 11.8 Å². The number of nitriles is 1. The van der Waals surface area contributed by atoms with Gasteiger partial charge in [-0.05, 0) is 129 Å². The summed E-state index contributed by atoms with van der Waals surface area (Å²) < 4.78 is 0. The van der Waals surface area contributed by atoms with Crippen molar-refractivity contribution >= 4 is 63.4 Å². The average Bonchev–Trinajstić information content (AvgIpc) is 3.88. The van der Waals surface area contributed by atoms with Crippen LogP contribution < -0.4 is 14.7 Å². The Kier molecular flexibility index (Phi) is 16.7. The lowest BCUT2D eigenvalue weighted by atomic mass is 9.86. The molecule has 6 aromatic rings. The van der Waals surface area contributed by atoms with Gasteiger partial charge < -0.3 is 19.8 Å². The Balaban J connectivity index is 1.22. The number of rotatable bonds is 19. The van der Waals surface area contributed by atoms with Crippen molar-refractivity contribution in [1.29, 1.82) is 5.26 Å². The first-order chi connectivity index (χ1) is 36.4. The van der Waals surface area contributed by atoms with Crippen LogP contribution in [0.15, 0.2) is 139 Å². The summed E-state index contributed by atoms with van der Waals surface area (Å²) in [7, 11) is 0. The Morgan fingerprint density at radius 2 is 0.934 bits per heavy atom. The van der Waals surface area contributed by atoms with Crippen molar-refractivity contribution in [3.63, 3.8) is 0 Å². The van der Waals surface area contributed by atoms with Gasteiger partial charge in [0.1, 0.15) is 11.6 Å². The number of aliphatic carboxylic acids is 1. The molecule has 6 aromatic carbocycles. The number of hydrogen-bond donors (Lipinski definition) is 1. The second-order valence-corrected chi connectivity index (χ2v) is 23.0. The molecule has 0 bridgehead atoms. The fourth-order valence-electron chi connectivity index (χ4n) is 10.8. The molecule has 0 aromatic heterocycles. The largest absolute Gasteiger partial charge is 0.477 e. The molecule has 8 heteroatoms. The first-order valence-electron chi connectivity index (χ1n) is 27.6. The van der Waals surface area contributed by atoms with E-state index in [0.717, 1.165) is 113 Å². The van der Waals surface area contributed by atoms with E-state index >= 15 is 9.59 Å². The molecule has 1 N–H and O–H groups in total. The van der Waals surface area contributed by atoms with Crippen LogP contribution in [0.4, 0.5) is 28.4 Å². The van der Waals surface area contributed by atoms with E-state index in [9.17, 15) is 15.2 Å². The molecule has 0 fully saturated rings.